The van der Waals surface area contributed by atoms with Gasteiger partial charge in [-0.15, -0.1) is 0 Å². The molecular formula is C12H25NO. The highest BCUT2D eigenvalue weighted by Gasteiger charge is 2.35. The molecule has 2 heteroatoms. The van der Waals surface area contributed by atoms with Crippen LogP contribution in [0.5, 0.6) is 0 Å². The highest BCUT2D eigenvalue weighted by molar-refractivity contribution is 4.89. The maximum absolute atomic E-state index is 10.2. The van der Waals surface area contributed by atoms with E-state index in [4.69, 9.17) is 0 Å². The first kappa shape index (κ1) is 12.0. The molecule has 4 atom stereocenters. The summed E-state index contributed by atoms with van der Waals surface area (Å²) in [7, 11) is 0. The second kappa shape index (κ2) is 4.19. The van der Waals surface area contributed by atoms with E-state index >= 15 is 0 Å². The van der Waals surface area contributed by atoms with E-state index < -0.39 is 0 Å². The van der Waals surface area contributed by atoms with Crippen LogP contribution in [0.25, 0.3) is 0 Å². The van der Waals surface area contributed by atoms with Gasteiger partial charge in [0, 0.05) is 12.1 Å². The van der Waals surface area contributed by atoms with Gasteiger partial charge in [0.25, 0.3) is 0 Å². The monoisotopic (exact) mass is 199 g/mol. The lowest BCUT2D eigenvalue weighted by Gasteiger charge is -2.41. The van der Waals surface area contributed by atoms with E-state index in [1.807, 2.05) is 0 Å². The van der Waals surface area contributed by atoms with Crippen LogP contribution in [0.1, 0.15) is 47.5 Å². The van der Waals surface area contributed by atoms with Gasteiger partial charge in [-0.2, -0.15) is 0 Å². The minimum atomic E-state index is -0.172. The molecule has 14 heavy (non-hydrogen) atoms. The zero-order valence-electron chi connectivity index (χ0n) is 10.2. The molecule has 4 unspecified atom stereocenters. The Labute approximate surface area is 88.1 Å². The largest absolute Gasteiger partial charge is 0.392 e. The maximum atomic E-state index is 10.2. The summed E-state index contributed by atoms with van der Waals surface area (Å²) in [6, 6.07) is 1.02. The first-order chi connectivity index (χ1) is 6.33. The summed E-state index contributed by atoms with van der Waals surface area (Å²) in [4.78, 5) is 0. The maximum Gasteiger partial charge on any atom is 0.0617 e. The zero-order chi connectivity index (χ0) is 10.9. The predicted molar refractivity (Wildman–Crippen MR) is 60.2 cm³/mol. The van der Waals surface area contributed by atoms with Crippen molar-refractivity contribution in [3.63, 3.8) is 0 Å². The summed E-state index contributed by atoms with van der Waals surface area (Å²) < 4.78 is 0. The number of rotatable bonds is 0. The third-order valence-electron chi connectivity index (χ3n) is 3.47. The van der Waals surface area contributed by atoms with Crippen molar-refractivity contribution < 1.29 is 5.11 Å². The molecule has 2 nitrogen and oxygen atoms in total. The van der Waals surface area contributed by atoms with Gasteiger partial charge in [0.1, 0.15) is 0 Å². The van der Waals surface area contributed by atoms with Crippen LogP contribution >= 0.6 is 0 Å². The SMILES string of the molecule is CC1CC(C)C(O)C(C)(C)CC(C)N1. The van der Waals surface area contributed by atoms with Crippen LogP contribution in [-0.4, -0.2) is 23.3 Å². The Hall–Kier alpha value is -0.0800. The molecule has 0 aromatic heterocycles. The first-order valence-corrected chi connectivity index (χ1v) is 5.77. The quantitative estimate of drug-likeness (QED) is 0.626. The number of aliphatic hydroxyl groups excluding tert-OH is 1. The van der Waals surface area contributed by atoms with Crippen molar-refractivity contribution in [2.45, 2.75) is 65.6 Å². The number of hydrogen-bond donors (Lipinski definition) is 2. The Kier molecular flexibility index (Phi) is 3.59. The Morgan fingerprint density at radius 3 is 2.29 bits per heavy atom. The molecule has 0 aromatic carbocycles. The van der Waals surface area contributed by atoms with Gasteiger partial charge in [-0.3, -0.25) is 0 Å². The molecule has 0 bridgehead atoms. The van der Waals surface area contributed by atoms with E-state index in [1.165, 1.54) is 0 Å². The molecule has 0 aromatic rings. The van der Waals surface area contributed by atoms with Gasteiger partial charge in [0.05, 0.1) is 6.10 Å². The molecule has 1 heterocycles. The van der Waals surface area contributed by atoms with Crippen LogP contribution in [0.15, 0.2) is 0 Å². The number of aliphatic hydroxyl groups is 1. The first-order valence-electron chi connectivity index (χ1n) is 5.77. The molecule has 1 fully saturated rings. The van der Waals surface area contributed by atoms with E-state index in [1.54, 1.807) is 0 Å². The van der Waals surface area contributed by atoms with E-state index in [2.05, 4.69) is 39.9 Å². The lowest BCUT2D eigenvalue weighted by molar-refractivity contribution is -0.0173. The molecule has 0 saturated carbocycles. The van der Waals surface area contributed by atoms with E-state index in [9.17, 15) is 5.11 Å². The molecule has 0 spiro atoms. The molecule has 0 amide bonds. The topological polar surface area (TPSA) is 32.3 Å². The van der Waals surface area contributed by atoms with Crippen LogP contribution < -0.4 is 5.32 Å². The average molecular weight is 199 g/mol. The highest BCUT2D eigenvalue weighted by Crippen LogP contribution is 2.34. The van der Waals surface area contributed by atoms with Crippen molar-refractivity contribution in [2.24, 2.45) is 11.3 Å². The molecular weight excluding hydrogens is 174 g/mol. The van der Waals surface area contributed by atoms with Gasteiger partial charge in [0.2, 0.25) is 0 Å². The summed E-state index contributed by atoms with van der Waals surface area (Å²) in [6.07, 6.45) is 1.94. The Balaban J connectivity index is 2.75. The molecule has 2 N–H and O–H groups in total. The lowest BCUT2D eigenvalue weighted by Crippen LogP contribution is -2.47. The summed E-state index contributed by atoms with van der Waals surface area (Å²) in [5, 5.41) is 13.8. The summed E-state index contributed by atoms with van der Waals surface area (Å²) >= 11 is 0. The molecule has 1 aliphatic rings. The Morgan fingerprint density at radius 1 is 1.14 bits per heavy atom. The Bertz CT molecular complexity index is 191. The van der Waals surface area contributed by atoms with Gasteiger partial charge in [-0.1, -0.05) is 20.8 Å². The number of hydrogen-bond acceptors (Lipinski definition) is 2. The van der Waals surface area contributed by atoms with Crippen LogP contribution in [0.2, 0.25) is 0 Å². The summed E-state index contributed by atoms with van der Waals surface area (Å²) in [6.45, 7) is 10.9. The average Bonchev–Trinajstić information content (AvgIpc) is 1.99. The van der Waals surface area contributed by atoms with Crippen LogP contribution in [0, 0.1) is 11.3 Å². The normalized spacial score (nSPS) is 44.1. The van der Waals surface area contributed by atoms with Crippen LogP contribution in [0.4, 0.5) is 0 Å². The summed E-state index contributed by atoms with van der Waals surface area (Å²) in [5.41, 5.74) is 0.0337. The lowest BCUT2D eigenvalue weighted by atomic mass is 9.73. The molecule has 1 rings (SSSR count). The van der Waals surface area contributed by atoms with Crippen molar-refractivity contribution in [3.8, 4) is 0 Å². The molecule has 1 saturated heterocycles. The standard InChI is InChI=1S/C12H25NO/c1-8-6-9(2)13-10(3)7-12(4,5)11(8)14/h8-11,13-14H,6-7H2,1-5H3. The molecule has 1 aliphatic heterocycles. The zero-order valence-corrected chi connectivity index (χ0v) is 10.2. The minimum absolute atomic E-state index is 0.0337. The van der Waals surface area contributed by atoms with Gasteiger partial charge in [0.15, 0.2) is 0 Å². The predicted octanol–water partition coefficient (Wildman–Crippen LogP) is 2.17. The van der Waals surface area contributed by atoms with Crippen LogP contribution in [-0.2, 0) is 0 Å². The van der Waals surface area contributed by atoms with Crippen molar-refractivity contribution in [3.05, 3.63) is 0 Å². The van der Waals surface area contributed by atoms with E-state index in [0.717, 1.165) is 12.8 Å². The second-order valence-corrected chi connectivity index (χ2v) is 5.82. The van der Waals surface area contributed by atoms with Crippen molar-refractivity contribution >= 4 is 0 Å². The third-order valence-corrected chi connectivity index (χ3v) is 3.47. The summed E-state index contributed by atoms with van der Waals surface area (Å²) in [5.74, 6) is 0.389. The Morgan fingerprint density at radius 2 is 1.71 bits per heavy atom. The van der Waals surface area contributed by atoms with E-state index in [0.29, 0.717) is 18.0 Å². The highest BCUT2D eigenvalue weighted by atomic mass is 16.3. The van der Waals surface area contributed by atoms with Crippen LogP contribution in [0.3, 0.4) is 0 Å². The fourth-order valence-corrected chi connectivity index (χ4v) is 2.98. The van der Waals surface area contributed by atoms with E-state index in [-0.39, 0.29) is 11.5 Å². The molecule has 84 valence electrons. The van der Waals surface area contributed by atoms with Crippen molar-refractivity contribution in [2.75, 3.05) is 0 Å². The number of nitrogens with one attached hydrogen (secondary N) is 1. The van der Waals surface area contributed by atoms with Gasteiger partial charge in [-0.05, 0) is 38.0 Å². The fraction of sp³-hybridized carbons (Fsp3) is 1.00. The third kappa shape index (κ3) is 2.71. The van der Waals surface area contributed by atoms with Gasteiger partial charge < -0.3 is 10.4 Å². The smallest absolute Gasteiger partial charge is 0.0617 e. The van der Waals surface area contributed by atoms with Crippen molar-refractivity contribution in [1.82, 2.24) is 5.32 Å². The van der Waals surface area contributed by atoms with Gasteiger partial charge >= 0.3 is 0 Å². The minimum Gasteiger partial charge on any atom is -0.392 e. The molecule has 0 aliphatic carbocycles. The van der Waals surface area contributed by atoms with Crippen molar-refractivity contribution in [1.29, 1.82) is 0 Å². The van der Waals surface area contributed by atoms with Gasteiger partial charge in [-0.25, -0.2) is 0 Å². The fourth-order valence-electron chi connectivity index (χ4n) is 2.98. The second-order valence-electron chi connectivity index (χ2n) is 5.82. The molecule has 0 radical (unpaired) electrons.